The number of hydrogen-bond acceptors (Lipinski definition) is 8. The number of amides is 1. The standard InChI is InChI=1S/C22H34N8O/c1-13-7-8-15(18(23)31)10-17(13)26-20-27-19(25-16-9-14(2)24-11-16)28-21(29-20)30(6)12-22(3,4)5/h7-8,10,14,16,24H,9,11-12H2,1-6H3,(H2,23,31)(H2,25,26,27,28,29)/t14-,16+/m1/s1. The Kier molecular flexibility index (Phi) is 6.64. The van der Waals surface area contributed by atoms with Gasteiger partial charge in [0.2, 0.25) is 23.8 Å². The van der Waals surface area contributed by atoms with Gasteiger partial charge < -0.3 is 26.6 Å². The van der Waals surface area contributed by atoms with E-state index in [4.69, 9.17) is 5.73 Å². The van der Waals surface area contributed by atoms with Crippen LogP contribution in [0.5, 0.6) is 0 Å². The Hall–Kier alpha value is -2.94. The minimum absolute atomic E-state index is 0.0831. The van der Waals surface area contributed by atoms with E-state index in [1.165, 1.54) is 0 Å². The number of aromatic nitrogens is 3. The third-order valence-corrected chi connectivity index (χ3v) is 5.13. The number of anilines is 4. The lowest BCUT2D eigenvalue weighted by Crippen LogP contribution is -2.31. The number of nitrogens with one attached hydrogen (secondary N) is 3. The number of carbonyl (C=O) groups is 1. The van der Waals surface area contributed by atoms with Crippen molar-refractivity contribution in [1.29, 1.82) is 0 Å². The van der Waals surface area contributed by atoms with Crippen LogP contribution < -0.4 is 26.6 Å². The summed E-state index contributed by atoms with van der Waals surface area (Å²) in [7, 11) is 1.98. The summed E-state index contributed by atoms with van der Waals surface area (Å²) in [6.07, 6.45) is 1.00. The highest BCUT2D eigenvalue weighted by Crippen LogP contribution is 2.24. The average Bonchev–Trinajstić information content (AvgIpc) is 3.06. The van der Waals surface area contributed by atoms with E-state index < -0.39 is 5.91 Å². The van der Waals surface area contributed by atoms with Gasteiger partial charge in [0, 0.05) is 43.5 Å². The van der Waals surface area contributed by atoms with Gasteiger partial charge in [-0.05, 0) is 43.4 Å². The highest BCUT2D eigenvalue weighted by atomic mass is 16.1. The second kappa shape index (κ2) is 9.05. The molecule has 9 nitrogen and oxygen atoms in total. The summed E-state index contributed by atoms with van der Waals surface area (Å²) in [5, 5.41) is 10.1. The third-order valence-electron chi connectivity index (χ3n) is 5.13. The van der Waals surface area contributed by atoms with Gasteiger partial charge in [-0.1, -0.05) is 26.8 Å². The van der Waals surface area contributed by atoms with Crippen LogP contribution >= 0.6 is 0 Å². The zero-order valence-electron chi connectivity index (χ0n) is 19.3. The van der Waals surface area contributed by atoms with Crippen molar-refractivity contribution in [2.75, 3.05) is 35.7 Å². The van der Waals surface area contributed by atoms with Crippen molar-refractivity contribution in [3.63, 3.8) is 0 Å². The van der Waals surface area contributed by atoms with Gasteiger partial charge in [-0.2, -0.15) is 15.0 Å². The molecule has 2 heterocycles. The van der Waals surface area contributed by atoms with Crippen LogP contribution in [0.1, 0.15) is 50.0 Å². The van der Waals surface area contributed by atoms with Gasteiger partial charge in [0.25, 0.3) is 0 Å². The molecule has 1 aliphatic heterocycles. The van der Waals surface area contributed by atoms with E-state index in [0.717, 1.165) is 30.8 Å². The molecule has 0 radical (unpaired) electrons. The van der Waals surface area contributed by atoms with Crippen LogP contribution in [0.25, 0.3) is 0 Å². The normalized spacial score (nSPS) is 18.6. The van der Waals surface area contributed by atoms with Gasteiger partial charge in [-0.3, -0.25) is 4.79 Å². The lowest BCUT2D eigenvalue weighted by Gasteiger charge is -2.27. The van der Waals surface area contributed by atoms with E-state index in [-0.39, 0.29) is 11.5 Å². The molecule has 1 amide bonds. The maximum atomic E-state index is 11.6. The van der Waals surface area contributed by atoms with Crippen molar-refractivity contribution in [2.45, 2.75) is 53.1 Å². The van der Waals surface area contributed by atoms with Crippen LogP contribution in [0, 0.1) is 12.3 Å². The Balaban J connectivity index is 1.92. The molecule has 1 aliphatic rings. The fourth-order valence-corrected chi connectivity index (χ4v) is 3.70. The van der Waals surface area contributed by atoms with E-state index in [2.05, 4.69) is 58.6 Å². The lowest BCUT2D eigenvalue weighted by molar-refractivity contribution is 0.100. The lowest BCUT2D eigenvalue weighted by atomic mass is 9.96. The molecular formula is C22H34N8O. The van der Waals surface area contributed by atoms with E-state index >= 15 is 0 Å². The molecule has 3 rings (SSSR count). The molecule has 1 aromatic carbocycles. The van der Waals surface area contributed by atoms with Gasteiger partial charge in [-0.25, -0.2) is 0 Å². The van der Waals surface area contributed by atoms with Crippen LogP contribution in [0.4, 0.5) is 23.5 Å². The number of carbonyl (C=O) groups excluding carboxylic acids is 1. The Bertz CT molecular complexity index is 940. The van der Waals surface area contributed by atoms with Crippen molar-refractivity contribution in [1.82, 2.24) is 20.3 Å². The first-order chi connectivity index (χ1) is 14.5. The summed E-state index contributed by atoms with van der Waals surface area (Å²) in [5.41, 5.74) is 7.64. The summed E-state index contributed by atoms with van der Waals surface area (Å²) < 4.78 is 0. The number of nitrogens with two attached hydrogens (primary N) is 1. The smallest absolute Gasteiger partial charge is 0.248 e. The number of nitrogens with zero attached hydrogens (tertiary/aromatic N) is 4. The summed E-state index contributed by atoms with van der Waals surface area (Å²) in [5.74, 6) is 1.04. The van der Waals surface area contributed by atoms with Crippen LogP contribution in [0.3, 0.4) is 0 Å². The number of hydrogen-bond donors (Lipinski definition) is 4. The third kappa shape index (κ3) is 6.27. The first-order valence-corrected chi connectivity index (χ1v) is 10.6. The predicted octanol–water partition coefficient (Wildman–Crippen LogP) is 2.67. The molecule has 9 heteroatoms. The second-order valence-electron chi connectivity index (χ2n) is 9.60. The number of rotatable bonds is 7. The molecule has 0 bridgehead atoms. The highest BCUT2D eigenvalue weighted by molar-refractivity contribution is 5.94. The Morgan fingerprint density at radius 1 is 1.26 bits per heavy atom. The van der Waals surface area contributed by atoms with Gasteiger partial charge in [0.1, 0.15) is 0 Å². The van der Waals surface area contributed by atoms with Crippen molar-refractivity contribution in [3.8, 4) is 0 Å². The fourth-order valence-electron chi connectivity index (χ4n) is 3.70. The summed E-state index contributed by atoms with van der Waals surface area (Å²) in [6.45, 7) is 12.3. The van der Waals surface area contributed by atoms with Crippen molar-refractivity contribution in [3.05, 3.63) is 29.3 Å². The molecular weight excluding hydrogens is 392 g/mol. The molecule has 0 spiro atoms. The molecule has 2 atom stereocenters. The van der Waals surface area contributed by atoms with E-state index in [1.54, 1.807) is 12.1 Å². The van der Waals surface area contributed by atoms with Crippen molar-refractivity contribution < 1.29 is 4.79 Å². The molecule has 0 aliphatic carbocycles. The first-order valence-electron chi connectivity index (χ1n) is 10.6. The largest absolute Gasteiger partial charge is 0.366 e. The maximum absolute atomic E-state index is 11.6. The molecule has 2 aromatic rings. The molecule has 5 N–H and O–H groups in total. The fraction of sp³-hybridized carbons (Fsp3) is 0.545. The van der Waals surface area contributed by atoms with Crippen LogP contribution in [0.15, 0.2) is 18.2 Å². The van der Waals surface area contributed by atoms with Gasteiger partial charge >= 0.3 is 0 Å². The minimum Gasteiger partial charge on any atom is -0.366 e. The number of aryl methyl sites for hydroxylation is 1. The SMILES string of the molecule is Cc1ccc(C(N)=O)cc1Nc1nc(N[C@@H]2CN[C@H](C)C2)nc(N(C)CC(C)(C)C)n1. The molecule has 1 fully saturated rings. The van der Waals surface area contributed by atoms with Crippen molar-refractivity contribution >= 4 is 29.4 Å². The summed E-state index contributed by atoms with van der Waals surface area (Å²) in [4.78, 5) is 27.5. The van der Waals surface area contributed by atoms with Gasteiger partial charge in [-0.15, -0.1) is 0 Å². The topological polar surface area (TPSA) is 121 Å². The van der Waals surface area contributed by atoms with Crippen molar-refractivity contribution in [2.24, 2.45) is 11.1 Å². The van der Waals surface area contributed by atoms with Gasteiger partial charge in [0.15, 0.2) is 0 Å². The van der Waals surface area contributed by atoms with Gasteiger partial charge in [0.05, 0.1) is 0 Å². The average molecular weight is 427 g/mol. The summed E-state index contributed by atoms with van der Waals surface area (Å²) >= 11 is 0. The number of primary amides is 1. The highest BCUT2D eigenvalue weighted by Gasteiger charge is 2.23. The first kappa shape index (κ1) is 22.7. The molecule has 168 valence electrons. The number of benzene rings is 1. The maximum Gasteiger partial charge on any atom is 0.248 e. The van der Waals surface area contributed by atoms with E-state index in [0.29, 0.717) is 29.5 Å². The van der Waals surface area contributed by atoms with E-state index in [9.17, 15) is 4.79 Å². The predicted molar refractivity (Wildman–Crippen MR) is 125 cm³/mol. The summed E-state index contributed by atoms with van der Waals surface area (Å²) in [6, 6.07) is 5.99. The second-order valence-corrected chi connectivity index (χ2v) is 9.60. The molecule has 0 unspecified atom stereocenters. The van der Waals surface area contributed by atoms with E-state index in [1.807, 2.05) is 24.9 Å². The zero-order chi connectivity index (χ0) is 22.8. The quantitative estimate of drug-likeness (QED) is 0.533. The van der Waals surface area contributed by atoms with Crippen LogP contribution in [0.2, 0.25) is 0 Å². The van der Waals surface area contributed by atoms with Crippen LogP contribution in [-0.2, 0) is 0 Å². The monoisotopic (exact) mass is 426 g/mol. The Labute approximate surface area is 184 Å². The molecule has 1 aromatic heterocycles. The molecule has 1 saturated heterocycles. The molecule has 31 heavy (non-hydrogen) atoms. The Morgan fingerprint density at radius 2 is 1.97 bits per heavy atom. The Morgan fingerprint density at radius 3 is 2.58 bits per heavy atom. The van der Waals surface area contributed by atoms with Crippen LogP contribution in [-0.4, -0.2) is 53.1 Å². The zero-order valence-corrected chi connectivity index (χ0v) is 19.3. The minimum atomic E-state index is -0.477. The molecule has 0 saturated carbocycles.